The van der Waals surface area contributed by atoms with E-state index in [1.165, 1.54) is 0 Å². The molecule has 0 bridgehead atoms. The van der Waals surface area contributed by atoms with Crippen molar-refractivity contribution in [2.24, 2.45) is 0 Å². The Morgan fingerprint density at radius 3 is 2.57 bits per heavy atom. The maximum Gasteiger partial charge on any atom is 0.227 e. The highest BCUT2D eigenvalue weighted by Crippen LogP contribution is 2.40. The quantitative estimate of drug-likeness (QED) is 0.741. The molecule has 1 N–H and O–H groups in total. The van der Waals surface area contributed by atoms with Crippen molar-refractivity contribution < 1.29 is 9.84 Å². The Morgan fingerprint density at radius 1 is 0.952 bits per heavy atom. The summed E-state index contributed by atoms with van der Waals surface area (Å²) in [6.07, 6.45) is 0.602. The van der Waals surface area contributed by atoms with Gasteiger partial charge in [-0.2, -0.15) is 0 Å². The minimum Gasteiger partial charge on any atom is -0.460 e. The van der Waals surface area contributed by atoms with E-state index in [9.17, 15) is 5.11 Å². The molecule has 3 aromatic rings. The first-order valence-electron chi connectivity index (χ1n) is 6.69. The number of aliphatic hydroxyl groups is 1. The van der Waals surface area contributed by atoms with Gasteiger partial charge in [0.05, 0.1) is 11.3 Å². The van der Waals surface area contributed by atoms with Gasteiger partial charge in [0.25, 0.3) is 0 Å². The number of rotatable bonds is 1. The Bertz CT molecular complexity index is 803. The van der Waals surface area contributed by atoms with Crippen LogP contribution < -0.4 is 4.74 Å². The summed E-state index contributed by atoms with van der Waals surface area (Å²) in [5, 5.41) is 10.1. The average Bonchev–Trinajstić information content (AvgIpc) is 2.55. The number of ether oxygens (including phenoxy) is 1. The first-order chi connectivity index (χ1) is 10.3. The third kappa shape index (κ3) is 1.97. The second kappa shape index (κ2) is 4.68. The van der Waals surface area contributed by atoms with Crippen LogP contribution in [-0.4, -0.2) is 15.1 Å². The van der Waals surface area contributed by atoms with Gasteiger partial charge in [0.15, 0.2) is 5.82 Å². The number of aliphatic hydroxyl groups excluding tert-OH is 1. The number of hydrogen-bond donors (Lipinski definition) is 1. The largest absolute Gasteiger partial charge is 0.460 e. The number of hydrogen-bond acceptors (Lipinski definition) is 4. The van der Waals surface area contributed by atoms with Crippen molar-refractivity contribution >= 4 is 0 Å². The lowest BCUT2D eigenvalue weighted by molar-refractivity contribution is -0.0218. The molecule has 1 unspecified atom stereocenters. The summed E-state index contributed by atoms with van der Waals surface area (Å²) in [5.41, 5.74) is 3.13. The van der Waals surface area contributed by atoms with Crippen molar-refractivity contribution in [3.05, 3.63) is 66.4 Å². The van der Waals surface area contributed by atoms with Crippen molar-refractivity contribution in [1.82, 2.24) is 9.97 Å². The molecule has 4 nitrogen and oxygen atoms in total. The molecule has 21 heavy (non-hydrogen) atoms. The van der Waals surface area contributed by atoms with Gasteiger partial charge in [-0.3, -0.25) is 0 Å². The molecule has 102 valence electrons. The van der Waals surface area contributed by atoms with Crippen LogP contribution in [0, 0.1) is 0 Å². The van der Waals surface area contributed by atoms with E-state index in [1.54, 1.807) is 6.20 Å². The van der Waals surface area contributed by atoms with Gasteiger partial charge in [-0.25, -0.2) is 9.97 Å². The molecule has 0 amide bonds. The van der Waals surface area contributed by atoms with E-state index in [0.29, 0.717) is 17.1 Å². The van der Waals surface area contributed by atoms with E-state index >= 15 is 0 Å². The predicted molar refractivity (Wildman–Crippen MR) is 78.5 cm³/mol. The zero-order chi connectivity index (χ0) is 14.2. The van der Waals surface area contributed by atoms with Gasteiger partial charge in [0.1, 0.15) is 5.75 Å². The number of aromatic nitrogens is 2. The van der Waals surface area contributed by atoms with Crippen molar-refractivity contribution in [3.63, 3.8) is 0 Å². The van der Waals surface area contributed by atoms with Crippen LogP contribution in [0.3, 0.4) is 0 Å². The lowest BCUT2D eigenvalue weighted by Gasteiger charge is -2.24. The maximum atomic E-state index is 10.1. The zero-order valence-electron chi connectivity index (χ0n) is 11.1. The third-order valence-corrected chi connectivity index (χ3v) is 3.50. The SMILES string of the molecule is OC1Oc2ccccc2-c2nc(-c3ccccc3)ncc21. The number of nitrogens with zero attached hydrogens (tertiary/aromatic N) is 2. The van der Waals surface area contributed by atoms with Crippen molar-refractivity contribution in [3.8, 4) is 28.4 Å². The van der Waals surface area contributed by atoms with Crippen LogP contribution in [0.1, 0.15) is 11.9 Å². The molecule has 0 aliphatic carbocycles. The summed E-state index contributed by atoms with van der Waals surface area (Å²) in [7, 11) is 0. The fourth-order valence-electron chi connectivity index (χ4n) is 2.46. The van der Waals surface area contributed by atoms with E-state index in [-0.39, 0.29) is 0 Å². The second-order valence-corrected chi connectivity index (χ2v) is 4.83. The van der Waals surface area contributed by atoms with Gasteiger partial charge in [0, 0.05) is 17.3 Å². The molecule has 1 atom stereocenters. The Labute approximate surface area is 121 Å². The van der Waals surface area contributed by atoms with Crippen LogP contribution in [0.15, 0.2) is 60.8 Å². The molecule has 1 aromatic heterocycles. The average molecular weight is 276 g/mol. The smallest absolute Gasteiger partial charge is 0.227 e. The third-order valence-electron chi connectivity index (χ3n) is 3.50. The molecule has 0 saturated carbocycles. The van der Waals surface area contributed by atoms with E-state index in [4.69, 9.17) is 4.74 Å². The van der Waals surface area contributed by atoms with Crippen LogP contribution in [0.2, 0.25) is 0 Å². The molecule has 2 heterocycles. The van der Waals surface area contributed by atoms with Crippen LogP contribution in [0.25, 0.3) is 22.6 Å². The summed E-state index contributed by atoms with van der Waals surface area (Å²) in [4.78, 5) is 8.96. The van der Waals surface area contributed by atoms with Crippen molar-refractivity contribution in [1.29, 1.82) is 0 Å². The van der Waals surface area contributed by atoms with Gasteiger partial charge < -0.3 is 9.84 Å². The molecular formula is C17H12N2O2. The standard InChI is InChI=1S/C17H12N2O2/c20-17-13-10-18-16(11-6-2-1-3-7-11)19-15(13)12-8-4-5-9-14(12)21-17/h1-10,17,20H. The molecule has 4 heteroatoms. The molecule has 2 aromatic carbocycles. The predicted octanol–water partition coefficient (Wildman–Crippen LogP) is 3.19. The second-order valence-electron chi connectivity index (χ2n) is 4.83. The van der Waals surface area contributed by atoms with Gasteiger partial charge in [0.2, 0.25) is 6.29 Å². The molecule has 0 spiro atoms. The summed E-state index contributed by atoms with van der Waals surface area (Å²) in [6.45, 7) is 0. The Kier molecular flexibility index (Phi) is 2.69. The molecule has 0 fully saturated rings. The fraction of sp³-hybridized carbons (Fsp3) is 0.0588. The van der Waals surface area contributed by atoms with Crippen LogP contribution in [-0.2, 0) is 0 Å². The lowest BCUT2D eigenvalue weighted by atomic mass is 10.0. The zero-order valence-corrected chi connectivity index (χ0v) is 11.1. The molecular weight excluding hydrogens is 264 g/mol. The Hall–Kier alpha value is -2.72. The Balaban J connectivity index is 1.92. The van der Waals surface area contributed by atoms with Crippen molar-refractivity contribution in [2.75, 3.05) is 0 Å². The highest BCUT2D eigenvalue weighted by Gasteiger charge is 2.26. The van der Waals surface area contributed by atoms with E-state index in [2.05, 4.69) is 9.97 Å². The number of benzene rings is 2. The van der Waals surface area contributed by atoms with Gasteiger partial charge >= 0.3 is 0 Å². The normalized spacial score (nSPS) is 15.8. The minimum atomic E-state index is -1.03. The highest BCUT2D eigenvalue weighted by atomic mass is 16.6. The highest BCUT2D eigenvalue weighted by molar-refractivity contribution is 5.73. The maximum absolute atomic E-state index is 10.1. The van der Waals surface area contributed by atoms with E-state index < -0.39 is 6.29 Å². The van der Waals surface area contributed by atoms with Gasteiger partial charge in [-0.05, 0) is 12.1 Å². The molecule has 1 aliphatic heterocycles. The van der Waals surface area contributed by atoms with Crippen LogP contribution in [0.5, 0.6) is 5.75 Å². The molecule has 0 radical (unpaired) electrons. The lowest BCUT2D eigenvalue weighted by Crippen LogP contribution is -2.15. The van der Waals surface area contributed by atoms with Crippen molar-refractivity contribution in [2.45, 2.75) is 6.29 Å². The van der Waals surface area contributed by atoms with Gasteiger partial charge in [-0.1, -0.05) is 42.5 Å². The molecule has 4 rings (SSSR count). The van der Waals surface area contributed by atoms with Crippen LogP contribution >= 0.6 is 0 Å². The minimum absolute atomic E-state index is 0.591. The number of para-hydroxylation sites is 1. The van der Waals surface area contributed by atoms with Gasteiger partial charge in [-0.15, -0.1) is 0 Å². The summed E-state index contributed by atoms with van der Waals surface area (Å²) < 4.78 is 5.48. The first kappa shape index (κ1) is 12.1. The summed E-state index contributed by atoms with van der Waals surface area (Å²) in [6, 6.07) is 17.3. The fourth-order valence-corrected chi connectivity index (χ4v) is 2.46. The molecule has 0 saturated heterocycles. The summed E-state index contributed by atoms with van der Waals surface area (Å²) >= 11 is 0. The van der Waals surface area contributed by atoms with E-state index in [1.807, 2.05) is 54.6 Å². The Morgan fingerprint density at radius 2 is 1.71 bits per heavy atom. The van der Waals surface area contributed by atoms with E-state index in [0.717, 1.165) is 16.8 Å². The molecule has 1 aliphatic rings. The summed E-state index contributed by atoms with van der Waals surface area (Å²) in [5.74, 6) is 1.27. The monoisotopic (exact) mass is 276 g/mol. The number of fused-ring (bicyclic) bond motifs is 3. The van der Waals surface area contributed by atoms with Crippen LogP contribution in [0.4, 0.5) is 0 Å². The first-order valence-corrected chi connectivity index (χ1v) is 6.69. The topological polar surface area (TPSA) is 55.2 Å².